The number of nitrogens with zero attached hydrogens (tertiary/aromatic N) is 3. The van der Waals surface area contributed by atoms with Crippen LogP contribution in [0.25, 0.3) is 5.65 Å². The van der Waals surface area contributed by atoms with Crippen LogP contribution in [-0.2, 0) is 6.54 Å². The molecule has 1 N–H and O–H groups in total. The number of nitrogens with one attached hydrogen (secondary N) is 1. The van der Waals surface area contributed by atoms with Gasteiger partial charge in [-0.25, -0.2) is 4.98 Å². The van der Waals surface area contributed by atoms with E-state index >= 15 is 0 Å². The monoisotopic (exact) mass is 272 g/mol. The van der Waals surface area contributed by atoms with Crippen LogP contribution in [-0.4, -0.2) is 14.4 Å². The zero-order valence-corrected chi connectivity index (χ0v) is 11.2. The maximum atomic E-state index is 5.95. The first-order valence-electron chi connectivity index (χ1n) is 6.00. The lowest BCUT2D eigenvalue weighted by molar-refractivity contribution is 0.989. The number of halogens is 1. The molecule has 0 amide bonds. The zero-order valence-electron chi connectivity index (χ0n) is 10.5. The Kier molecular flexibility index (Phi) is 3.09. The minimum atomic E-state index is 0.702. The molecule has 19 heavy (non-hydrogen) atoms. The fourth-order valence-corrected chi connectivity index (χ4v) is 2.26. The Balaban J connectivity index is 1.82. The average molecular weight is 273 g/mol. The summed E-state index contributed by atoms with van der Waals surface area (Å²) in [4.78, 5) is 8.36. The summed E-state index contributed by atoms with van der Waals surface area (Å²) in [5.41, 5.74) is 4.15. The summed E-state index contributed by atoms with van der Waals surface area (Å²) in [7, 11) is 0. The first-order valence-corrected chi connectivity index (χ1v) is 6.38. The molecule has 0 saturated heterocycles. The lowest BCUT2D eigenvalue weighted by Crippen LogP contribution is -2.03. The molecule has 0 bridgehead atoms. The number of anilines is 1. The van der Waals surface area contributed by atoms with Gasteiger partial charge < -0.3 is 5.32 Å². The molecule has 4 nitrogen and oxygen atoms in total. The van der Waals surface area contributed by atoms with E-state index in [1.54, 1.807) is 12.4 Å². The van der Waals surface area contributed by atoms with Gasteiger partial charge in [0.2, 0.25) is 0 Å². The van der Waals surface area contributed by atoms with E-state index in [1.165, 1.54) is 0 Å². The van der Waals surface area contributed by atoms with Crippen molar-refractivity contribution < 1.29 is 0 Å². The molecule has 0 spiro atoms. The molecule has 0 aliphatic heterocycles. The summed E-state index contributed by atoms with van der Waals surface area (Å²) in [5, 5.41) is 4.15. The predicted molar refractivity (Wildman–Crippen MR) is 76.5 cm³/mol. The second-order valence-corrected chi connectivity index (χ2v) is 4.80. The van der Waals surface area contributed by atoms with E-state index < -0.39 is 0 Å². The van der Waals surface area contributed by atoms with Gasteiger partial charge in [-0.15, -0.1) is 0 Å². The number of aromatic nitrogens is 3. The molecule has 2 aromatic heterocycles. The van der Waals surface area contributed by atoms with Crippen LogP contribution in [0.5, 0.6) is 0 Å². The van der Waals surface area contributed by atoms with Crippen LogP contribution >= 0.6 is 11.6 Å². The molecule has 0 unspecified atom stereocenters. The lowest BCUT2D eigenvalue weighted by Gasteiger charge is -2.09. The van der Waals surface area contributed by atoms with E-state index in [9.17, 15) is 0 Å². The lowest BCUT2D eigenvalue weighted by atomic mass is 10.2. The molecular weight excluding hydrogens is 260 g/mol. The minimum Gasteiger partial charge on any atom is -0.379 e. The Morgan fingerprint density at radius 3 is 3.05 bits per heavy atom. The van der Waals surface area contributed by atoms with Crippen molar-refractivity contribution in [1.82, 2.24) is 14.4 Å². The van der Waals surface area contributed by atoms with Crippen LogP contribution in [0.15, 0.2) is 43.0 Å². The highest BCUT2D eigenvalue weighted by molar-refractivity contribution is 6.30. The Morgan fingerprint density at radius 2 is 2.21 bits per heavy atom. The molecule has 0 radical (unpaired) electrons. The van der Waals surface area contributed by atoms with Crippen molar-refractivity contribution in [3.8, 4) is 0 Å². The number of fused-ring (bicyclic) bond motifs is 1. The van der Waals surface area contributed by atoms with Gasteiger partial charge in [0.1, 0.15) is 0 Å². The molecule has 0 aliphatic carbocycles. The van der Waals surface area contributed by atoms with Crippen molar-refractivity contribution in [2.75, 3.05) is 5.32 Å². The molecule has 1 aromatic carbocycles. The number of hydrogen-bond acceptors (Lipinski definition) is 3. The Hall–Kier alpha value is -2.07. The SMILES string of the molecule is Cc1cc(Cl)ccc1NCc1cnc2cnccn12. The highest BCUT2D eigenvalue weighted by atomic mass is 35.5. The van der Waals surface area contributed by atoms with E-state index in [4.69, 9.17) is 11.6 Å². The molecule has 5 heteroatoms. The Bertz CT molecular complexity index is 720. The first kappa shape index (κ1) is 12.0. The van der Waals surface area contributed by atoms with Gasteiger partial charge in [0, 0.05) is 23.1 Å². The quantitative estimate of drug-likeness (QED) is 0.795. The highest BCUT2D eigenvalue weighted by Crippen LogP contribution is 2.20. The van der Waals surface area contributed by atoms with Crippen molar-refractivity contribution in [3.63, 3.8) is 0 Å². The molecule has 0 saturated carbocycles. The fraction of sp³-hybridized carbons (Fsp3) is 0.143. The normalized spacial score (nSPS) is 10.8. The molecule has 96 valence electrons. The van der Waals surface area contributed by atoms with Gasteiger partial charge in [-0.05, 0) is 30.7 Å². The fourth-order valence-electron chi connectivity index (χ4n) is 2.04. The molecular formula is C14H13ClN4. The second-order valence-electron chi connectivity index (χ2n) is 4.37. The van der Waals surface area contributed by atoms with Crippen LogP contribution in [0.3, 0.4) is 0 Å². The van der Waals surface area contributed by atoms with Crippen molar-refractivity contribution in [2.24, 2.45) is 0 Å². The third-order valence-electron chi connectivity index (χ3n) is 3.04. The molecule has 3 rings (SSSR count). The van der Waals surface area contributed by atoms with Gasteiger partial charge in [0.15, 0.2) is 5.65 Å². The molecule has 0 aliphatic rings. The Labute approximate surface area is 116 Å². The van der Waals surface area contributed by atoms with Crippen LogP contribution in [0.2, 0.25) is 5.02 Å². The molecule has 0 atom stereocenters. The maximum Gasteiger partial charge on any atom is 0.155 e. The van der Waals surface area contributed by atoms with Gasteiger partial charge in [0.25, 0.3) is 0 Å². The van der Waals surface area contributed by atoms with E-state index in [-0.39, 0.29) is 0 Å². The van der Waals surface area contributed by atoms with Crippen molar-refractivity contribution in [2.45, 2.75) is 13.5 Å². The minimum absolute atomic E-state index is 0.702. The number of hydrogen-bond donors (Lipinski definition) is 1. The summed E-state index contributed by atoms with van der Waals surface area (Å²) in [6.45, 7) is 2.74. The van der Waals surface area contributed by atoms with Gasteiger partial charge in [0.05, 0.1) is 24.6 Å². The van der Waals surface area contributed by atoms with Crippen LogP contribution < -0.4 is 5.32 Å². The Morgan fingerprint density at radius 1 is 1.32 bits per heavy atom. The van der Waals surface area contributed by atoms with Gasteiger partial charge in [-0.2, -0.15) is 0 Å². The summed E-state index contributed by atoms with van der Waals surface area (Å²) < 4.78 is 2.02. The predicted octanol–water partition coefficient (Wildman–Crippen LogP) is 3.30. The molecule has 2 heterocycles. The third-order valence-corrected chi connectivity index (χ3v) is 3.28. The van der Waals surface area contributed by atoms with Crippen LogP contribution in [0.1, 0.15) is 11.3 Å². The molecule has 3 aromatic rings. The summed E-state index contributed by atoms with van der Waals surface area (Å²) in [6, 6.07) is 5.82. The number of rotatable bonds is 3. The van der Waals surface area contributed by atoms with Gasteiger partial charge in [-0.3, -0.25) is 9.38 Å². The molecule has 0 fully saturated rings. The third kappa shape index (κ3) is 2.39. The number of imidazole rings is 1. The van der Waals surface area contributed by atoms with Crippen molar-refractivity contribution in [1.29, 1.82) is 0 Å². The van der Waals surface area contributed by atoms with Crippen molar-refractivity contribution in [3.05, 3.63) is 59.3 Å². The van der Waals surface area contributed by atoms with Crippen molar-refractivity contribution >= 4 is 22.9 Å². The highest BCUT2D eigenvalue weighted by Gasteiger charge is 2.04. The number of aryl methyl sites for hydroxylation is 1. The second kappa shape index (κ2) is 4.90. The van der Waals surface area contributed by atoms with Crippen LogP contribution in [0.4, 0.5) is 5.69 Å². The first-order chi connectivity index (χ1) is 9.24. The van der Waals surface area contributed by atoms with E-state index in [1.807, 2.05) is 41.9 Å². The van der Waals surface area contributed by atoms with E-state index in [2.05, 4.69) is 15.3 Å². The van der Waals surface area contributed by atoms with E-state index in [0.717, 1.165) is 27.6 Å². The largest absolute Gasteiger partial charge is 0.379 e. The zero-order chi connectivity index (χ0) is 13.2. The number of benzene rings is 1. The maximum absolute atomic E-state index is 5.95. The summed E-state index contributed by atoms with van der Waals surface area (Å²) >= 11 is 5.95. The smallest absolute Gasteiger partial charge is 0.155 e. The van der Waals surface area contributed by atoms with Gasteiger partial charge >= 0.3 is 0 Å². The standard InChI is InChI=1S/C14H13ClN4/c1-10-6-11(15)2-3-13(10)17-7-12-8-18-14-9-16-4-5-19(12)14/h2-6,8-9,17H,7H2,1H3. The summed E-state index contributed by atoms with van der Waals surface area (Å²) in [6.07, 6.45) is 7.27. The topological polar surface area (TPSA) is 42.2 Å². The van der Waals surface area contributed by atoms with E-state index in [0.29, 0.717) is 6.54 Å². The average Bonchev–Trinajstić information content (AvgIpc) is 2.81. The van der Waals surface area contributed by atoms with Crippen LogP contribution in [0, 0.1) is 6.92 Å². The summed E-state index contributed by atoms with van der Waals surface area (Å²) in [5.74, 6) is 0. The van der Waals surface area contributed by atoms with Gasteiger partial charge in [-0.1, -0.05) is 11.6 Å².